The van der Waals surface area contributed by atoms with Crippen molar-refractivity contribution in [2.45, 2.75) is 13.8 Å². The Bertz CT molecular complexity index is 761. The summed E-state index contributed by atoms with van der Waals surface area (Å²) in [5, 5.41) is 11.4. The van der Waals surface area contributed by atoms with Crippen molar-refractivity contribution in [3.05, 3.63) is 51.2 Å². The number of aromatic nitrogens is 1. The van der Waals surface area contributed by atoms with E-state index >= 15 is 0 Å². The molecule has 1 fully saturated rings. The summed E-state index contributed by atoms with van der Waals surface area (Å²) in [6, 6.07) is 5.86. The number of hydrogen-bond donors (Lipinski definition) is 0. The second-order valence-electron chi connectivity index (χ2n) is 5.89. The molecule has 3 rings (SSSR count). The van der Waals surface area contributed by atoms with Gasteiger partial charge < -0.3 is 9.80 Å². The van der Waals surface area contributed by atoms with Gasteiger partial charge in [-0.05, 0) is 37.3 Å². The average molecular weight is 346 g/mol. The third-order valence-electron chi connectivity index (χ3n) is 3.97. The van der Waals surface area contributed by atoms with E-state index in [4.69, 9.17) is 0 Å². The zero-order valence-corrected chi connectivity index (χ0v) is 14.4. The molecule has 0 spiro atoms. The van der Waals surface area contributed by atoms with Crippen LogP contribution in [0.2, 0.25) is 0 Å². The highest BCUT2D eigenvalue weighted by atomic mass is 32.1. The molecule has 8 heteroatoms. The normalized spacial score (nSPS) is 14.8. The lowest BCUT2D eigenvalue weighted by atomic mass is 10.1. The highest BCUT2D eigenvalue weighted by Gasteiger charge is 2.25. The fourth-order valence-electron chi connectivity index (χ4n) is 2.87. The van der Waals surface area contributed by atoms with Gasteiger partial charge in [0.05, 0.1) is 4.92 Å². The molecule has 126 valence electrons. The van der Waals surface area contributed by atoms with E-state index in [0.29, 0.717) is 36.9 Å². The third kappa shape index (κ3) is 3.38. The van der Waals surface area contributed by atoms with Crippen molar-refractivity contribution in [3.63, 3.8) is 0 Å². The molecule has 2 heterocycles. The molecule has 1 saturated heterocycles. The summed E-state index contributed by atoms with van der Waals surface area (Å²) < 4.78 is 0. The van der Waals surface area contributed by atoms with Crippen molar-refractivity contribution < 1.29 is 9.72 Å². The topological polar surface area (TPSA) is 79.6 Å². The fourth-order valence-corrected chi connectivity index (χ4v) is 3.65. The van der Waals surface area contributed by atoms with E-state index in [1.165, 1.54) is 6.20 Å². The van der Waals surface area contributed by atoms with Crippen LogP contribution >= 0.6 is 11.3 Å². The summed E-state index contributed by atoms with van der Waals surface area (Å²) in [6.07, 6.45) is 1.28. The first-order chi connectivity index (χ1) is 11.4. The lowest BCUT2D eigenvalue weighted by molar-refractivity contribution is -0.380. The summed E-state index contributed by atoms with van der Waals surface area (Å²) >= 11 is 1.07. The van der Waals surface area contributed by atoms with E-state index in [1.54, 1.807) is 0 Å². The number of hydrogen-bond acceptors (Lipinski definition) is 6. The second kappa shape index (κ2) is 6.56. The summed E-state index contributed by atoms with van der Waals surface area (Å²) in [6.45, 7) is 6.38. The Kier molecular flexibility index (Phi) is 4.48. The zero-order chi connectivity index (χ0) is 17.3. The molecule has 0 N–H and O–H groups in total. The van der Waals surface area contributed by atoms with E-state index < -0.39 is 4.92 Å². The van der Waals surface area contributed by atoms with Crippen molar-refractivity contribution in [2.24, 2.45) is 0 Å². The minimum atomic E-state index is -0.430. The fraction of sp³-hybridized carbons (Fsp3) is 0.375. The van der Waals surface area contributed by atoms with E-state index in [0.717, 1.165) is 22.5 Å². The maximum atomic E-state index is 12.6. The lowest BCUT2D eigenvalue weighted by Gasteiger charge is -2.34. The van der Waals surface area contributed by atoms with Gasteiger partial charge in [0.25, 0.3) is 5.91 Å². The Morgan fingerprint density at radius 3 is 2.33 bits per heavy atom. The van der Waals surface area contributed by atoms with Gasteiger partial charge >= 0.3 is 5.00 Å². The number of aryl methyl sites for hydroxylation is 2. The number of carbonyl (C=O) groups excluding carboxylic acids is 1. The molecule has 1 aromatic carbocycles. The number of benzene rings is 1. The summed E-state index contributed by atoms with van der Waals surface area (Å²) in [4.78, 5) is 30.9. The van der Waals surface area contributed by atoms with Crippen LogP contribution in [-0.2, 0) is 0 Å². The Balaban J connectivity index is 1.65. The van der Waals surface area contributed by atoms with E-state index in [9.17, 15) is 14.9 Å². The monoisotopic (exact) mass is 346 g/mol. The molecule has 0 radical (unpaired) electrons. The van der Waals surface area contributed by atoms with Crippen LogP contribution in [0.4, 0.5) is 10.1 Å². The van der Waals surface area contributed by atoms with Crippen LogP contribution in [0.3, 0.4) is 0 Å². The Labute approximate surface area is 143 Å². The van der Waals surface area contributed by atoms with Gasteiger partial charge in [-0.2, -0.15) is 0 Å². The SMILES string of the molecule is Cc1cc(C)cc(C(=O)N2CCN(c3ncc([N+](=O)[O-])s3)CC2)c1. The summed E-state index contributed by atoms with van der Waals surface area (Å²) in [5.74, 6) is 0.0339. The number of piperazine rings is 1. The molecule has 1 aliphatic heterocycles. The van der Waals surface area contributed by atoms with Crippen LogP contribution in [0.25, 0.3) is 0 Å². The Morgan fingerprint density at radius 2 is 1.79 bits per heavy atom. The summed E-state index contributed by atoms with van der Waals surface area (Å²) in [5.41, 5.74) is 2.87. The van der Waals surface area contributed by atoms with E-state index in [-0.39, 0.29) is 10.9 Å². The third-order valence-corrected chi connectivity index (χ3v) is 4.98. The van der Waals surface area contributed by atoms with Crippen molar-refractivity contribution in [1.29, 1.82) is 0 Å². The van der Waals surface area contributed by atoms with Crippen molar-refractivity contribution in [2.75, 3.05) is 31.1 Å². The molecular formula is C16H18N4O3S. The van der Waals surface area contributed by atoms with Gasteiger partial charge in [0.1, 0.15) is 6.20 Å². The minimum Gasteiger partial charge on any atom is -0.344 e. The van der Waals surface area contributed by atoms with Gasteiger partial charge in [-0.1, -0.05) is 17.2 Å². The first kappa shape index (κ1) is 16.4. The van der Waals surface area contributed by atoms with Gasteiger partial charge in [0.2, 0.25) is 0 Å². The molecule has 1 aliphatic rings. The lowest BCUT2D eigenvalue weighted by Crippen LogP contribution is -2.48. The van der Waals surface area contributed by atoms with Gasteiger partial charge in [-0.3, -0.25) is 14.9 Å². The van der Waals surface area contributed by atoms with Crippen LogP contribution in [0, 0.1) is 24.0 Å². The number of anilines is 1. The van der Waals surface area contributed by atoms with Gasteiger partial charge in [-0.25, -0.2) is 4.98 Å². The standard InChI is InChI=1S/C16H18N4O3S/c1-11-7-12(2)9-13(8-11)15(21)18-3-5-19(6-4-18)16-17-10-14(24-16)20(22)23/h7-10H,3-6H2,1-2H3. The molecule has 0 bridgehead atoms. The Morgan fingerprint density at radius 1 is 1.17 bits per heavy atom. The molecule has 0 saturated carbocycles. The number of thiazole rings is 1. The molecule has 0 atom stereocenters. The molecule has 0 aliphatic carbocycles. The highest BCUT2D eigenvalue weighted by molar-refractivity contribution is 7.18. The highest BCUT2D eigenvalue weighted by Crippen LogP contribution is 2.29. The number of rotatable bonds is 3. The maximum absolute atomic E-state index is 12.6. The van der Waals surface area contributed by atoms with Crippen LogP contribution in [0.15, 0.2) is 24.4 Å². The zero-order valence-electron chi connectivity index (χ0n) is 13.6. The molecule has 2 aromatic rings. The van der Waals surface area contributed by atoms with E-state index in [2.05, 4.69) is 4.98 Å². The van der Waals surface area contributed by atoms with Crippen molar-refractivity contribution in [3.8, 4) is 0 Å². The largest absolute Gasteiger partial charge is 0.345 e. The van der Waals surface area contributed by atoms with Crippen LogP contribution in [0.5, 0.6) is 0 Å². The van der Waals surface area contributed by atoms with Crippen molar-refractivity contribution >= 4 is 27.4 Å². The van der Waals surface area contributed by atoms with Crippen LogP contribution in [0.1, 0.15) is 21.5 Å². The molecular weight excluding hydrogens is 328 g/mol. The molecule has 7 nitrogen and oxygen atoms in total. The predicted molar refractivity (Wildman–Crippen MR) is 92.8 cm³/mol. The first-order valence-corrected chi connectivity index (χ1v) is 8.48. The smallest absolute Gasteiger partial charge is 0.344 e. The quantitative estimate of drug-likeness (QED) is 0.630. The van der Waals surface area contributed by atoms with Crippen LogP contribution < -0.4 is 4.90 Å². The number of amides is 1. The minimum absolute atomic E-state index is 0.0339. The first-order valence-electron chi connectivity index (χ1n) is 7.67. The molecule has 1 aromatic heterocycles. The van der Waals surface area contributed by atoms with Gasteiger partial charge in [0, 0.05) is 31.7 Å². The number of nitro groups is 1. The average Bonchev–Trinajstić information content (AvgIpc) is 3.03. The Hall–Kier alpha value is -2.48. The predicted octanol–water partition coefficient (Wildman–Crippen LogP) is 2.63. The van der Waals surface area contributed by atoms with Gasteiger partial charge in [0.15, 0.2) is 5.13 Å². The summed E-state index contributed by atoms with van der Waals surface area (Å²) in [7, 11) is 0. The molecule has 0 unspecified atom stereocenters. The number of nitrogens with zero attached hydrogens (tertiary/aromatic N) is 4. The molecule has 24 heavy (non-hydrogen) atoms. The maximum Gasteiger partial charge on any atom is 0.345 e. The second-order valence-corrected chi connectivity index (χ2v) is 6.88. The molecule has 1 amide bonds. The van der Waals surface area contributed by atoms with E-state index in [1.807, 2.05) is 41.8 Å². The number of carbonyl (C=O) groups is 1. The van der Waals surface area contributed by atoms with Gasteiger partial charge in [-0.15, -0.1) is 0 Å². The van der Waals surface area contributed by atoms with Crippen LogP contribution in [-0.4, -0.2) is 46.9 Å². The van der Waals surface area contributed by atoms with Crippen molar-refractivity contribution in [1.82, 2.24) is 9.88 Å².